The Morgan fingerprint density at radius 3 is 2.50 bits per heavy atom. The average Bonchev–Trinajstić information content (AvgIpc) is 2.99. The van der Waals surface area contributed by atoms with Gasteiger partial charge in [-0.3, -0.25) is 9.59 Å². The van der Waals surface area contributed by atoms with E-state index in [0.717, 1.165) is 0 Å². The fourth-order valence-electron chi connectivity index (χ4n) is 3.38. The molecular formula is C20H16N2O5S. The molecule has 0 saturated heterocycles. The van der Waals surface area contributed by atoms with Crippen molar-refractivity contribution in [2.24, 2.45) is 0 Å². The Morgan fingerprint density at radius 1 is 1.04 bits per heavy atom. The second-order valence-electron chi connectivity index (χ2n) is 6.50. The number of nitrogens with one attached hydrogen (secondary N) is 2. The van der Waals surface area contributed by atoms with Crippen molar-refractivity contribution in [2.75, 3.05) is 5.32 Å². The Bertz CT molecular complexity index is 1210. The summed E-state index contributed by atoms with van der Waals surface area (Å²) in [6, 6.07) is 15.2. The van der Waals surface area contributed by atoms with Crippen molar-refractivity contribution in [1.29, 1.82) is 0 Å². The molecule has 3 N–H and O–H groups in total. The van der Waals surface area contributed by atoms with E-state index in [0.29, 0.717) is 27.6 Å². The molecule has 4 rings (SSSR count). The van der Waals surface area contributed by atoms with Gasteiger partial charge in [0.25, 0.3) is 5.91 Å². The summed E-state index contributed by atoms with van der Waals surface area (Å²) in [6.07, 6.45) is 0.0106. The van der Waals surface area contributed by atoms with Gasteiger partial charge in [0, 0.05) is 22.0 Å². The molecule has 0 aliphatic carbocycles. The molecule has 0 aromatic heterocycles. The van der Waals surface area contributed by atoms with Crippen molar-refractivity contribution in [1.82, 2.24) is 4.72 Å². The number of carbonyl (C=O) groups excluding carboxylic acids is 1. The van der Waals surface area contributed by atoms with Crippen LogP contribution >= 0.6 is 0 Å². The number of rotatable bonds is 6. The fraction of sp³-hybridized carbons (Fsp3) is 0.100. The van der Waals surface area contributed by atoms with Gasteiger partial charge in [-0.1, -0.05) is 42.5 Å². The lowest BCUT2D eigenvalue weighted by atomic mass is 10.1. The molecule has 1 amide bonds. The third-order valence-electron chi connectivity index (χ3n) is 4.66. The van der Waals surface area contributed by atoms with Crippen molar-refractivity contribution >= 4 is 38.4 Å². The van der Waals surface area contributed by atoms with Gasteiger partial charge >= 0.3 is 5.97 Å². The minimum Gasteiger partial charge on any atom is -0.480 e. The maximum Gasteiger partial charge on any atom is 0.322 e. The largest absolute Gasteiger partial charge is 0.480 e. The van der Waals surface area contributed by atoms with Gasteiger partial charge in [-0.2, -0.15) is 4.72 Å². The third-order valence-corrected chi connectivity index (χ3v) is 6.19. The Balaban J connectivity index is 1.73. The summed E-state index contributed by atoms with van der Waals surface area (Å²) in [5.41, 5.74) is 1.63. The number of aliphatic carboxylic acids is 1. The number of anilines is 1. The van der Waals surface area contributed by atoms with Crippen LogP contribution in [0.3, 0.4) is 0 Å². The molecule has 1 aliphatic heterocycles. The number of hydrogen-bond acceptors (Lipinski definition) is 4. The van der Waals surface area contributed by atoms with Gasteiger partial charge in [0.1, 0.15) is 6.04 Å². The highest BCUT2D eigenvalue weighted by atomic mass is 32.2. The quantitative estimate of drug-likeness (QED) is 0.592. The molecule has 142 valence electrons. The average molecular weight is 396 g/mol. The maximum absolute atomic E-state index is 13.0. The standard InChI is InChI=1S/C20H16N2O5S/c23-19-14-8-4-7-13-17(10-9-15(21-19)18(13)14)28(26,27)22-16(20(24)25)11-12-5-2-1-3-6-12/h1-10,16,22H,11H2,(H,21,23)(H,24,25). The van der Waals surface area contributed by atoms with Crippen molar-refractivity contribution in [2.45, 2.75) is 17.4 Å². The molecule has 28 heavy (non-hydrogen) atoms. The van der Waals surface area contributed by atoms with E-state index in [2.05, 4.69) is 10.0 Å². The summed E-state index contributed by atoms with van der Waals surface area (Å²) in [5, 5.41) is 13.1. The Morgan fingerprint density at radius 2 is 1.79 bits per heavy atom. The van der Waals surface area contributed by atoms with Gasteiger partial charge in [0.15, 0.2) is 0 Å². The monoisotopic (exact) mass is 396 g/mol. The zero-order valence-corrected chi connectivity index (χ0v) is 15.4. The van der Waals surface area contributed by atoms with Crippen molar-refractivity contribution in [3.63, 3.8) is 0 Å². The normalized spacial score (nSPS) is 14.1. The van der Waals surface area contributed by atoms with Gasteiger partial charge in [-0.15, -0.1) is 0 Å². The van der Waals surface area contributed by atoms with Crippen LogP contribution in [0.2, 0.25) is 0 Å². The van der Waals surface area contributed by atoms with E-state index in [9.17, 15) is 23.1 Å². The second-order valence-corrected chi connectivity index (χ2v) is 8.18. The Labute approximate surface area is 161 Å². The first-order valence-corrected chi connectivity index (χ1v) is 10.0. The molecule has 0 fully saturated rings. The van der Waals surface area contributed by atoms with E-state index in [1.807, 2.05) is 0 Å². The molecule has 1 aliphatic rings. The highest BCUT2D eigenvalue weighted by molar-refractivity contribution is 7.89. The van der Waals surface area contributed by atoms with Crippen molar-refractivity contribution in [3.05, 3.63) is 71.8 Å². The summed E-state index contributed by atoms with van der Waals surface area (Å²) in [4.78, 5) is 23.6. The zero-order chi connectivity index (χ0) is 19.9. The first kappa shape index (κ1) is 18.1. The van der Waals surface area contributed by atoms with E-state index < -0.39 is 22.0 Å². The molecule has 3 aromatic rings. The van der Waals surface area contributed by atoms with Crippen LogP contribution in [0.5, 0.6) is 0 Å². The predicted octanol–water partition coefficient (Wildman–Crippen LogP) is 2.38. The summed E-state index contributed by atoms with van der Waals surface area (Å²) in [6.45, 7) is 0. The number of hydrogen-bond donors (Lipinski definition) is 3. The molecule has 7 nitrogen and oxygen atoms in total. The van der Waals surface area contributed by atoms with Crippen LogP contribution in [0, 0.1) is 0 Å². The van der Waals surface area contributed by atoms with Gasteiger partial charge in [-0.25, -0.2) is 8.42 Å². The summed E-state index contributed by atoms with van der Waals surface area (Å²) in [5.74, 6) is -1.56. The van der Waals surface area contributed by atoms with Gasteiger partial charge in [-0.05, 0) is 30.2 Å². The summed E-state index contributed by atoms with van der Waals surface area (Å²) >= 11 is 0. The van der Waals surface area contributed by atoms with E-state index in [4.69, 9.17) is 0 Å². The Kier molecular flexibility index (Phi) is 4.37. The molecule has 8 heteroatoms. The number of benzene rings is 3. The lowest BCUT2D eigenvalue weighted by molar-refractivity contribution is -0.138. The fourth-order valence-corrected chi connectivity index (χ4v) is 4.77. The number of carbonyl (C=O) groups is 2. The van der Waals surface area contributed by atoms with Crippen molar-refractivity contribution in [3.8, 4) is 0 Å². The third kappa shape index (κ3) is 3.12. The molecule has 1 atom stereocenters. The maximum atomic E-state index is 13.0. The van der Waals surface area contributed by atoms with E-state index in [1.54, 1.807) is 48.5 Å². The predicted molar refractivity (Wildman–Crippen MR) is 104 cm³/mol. The van der Waals surface area contributed by atoms with Gasteiger partial charge < -0.3 is 10.4 Å². The molecule has 3 aromatic carbocycles. The van der Waals surface area contributed by atoms with Crippen molar-refractivity contribution < 1.29 is 23.1 Å². The zero-order valence-electron chi connectivity index (χ0n) is 14.5. The molecule has 0 bridgehead atoms. The molecule has 0 saturated carbocycles. The molecule has 1 heterocycles. The topological polar surface area (TPSA) is 113 Å². The SMILES string of the molecule is O=C1Nc2ccc(S(=O)(=O)NC(Cc3ccccc3)C(=O)O)c3cccc1c23. The molecule has 0 radical (unpaired) electrons. The van der Waals surface area contributed by atoms with Gasteiger partial charge in [0.05, 0.1) is 4.90 Å². The first-order chi connectivity index (χ1) is 13.4. The molecule has 0 spiro atoms. The van der Waals surface area contributed by atoms with Crippen LogP contribution in [0.4, 0.5) is 5.69 Å². The lowest BCUT2D eigenvalue weighted by Gasteiger charge is -2.16. The summed E-state index contributed by atoms with van der Waals surface area (Å²) < 4.78 is 28.3. The highest BCUT2D eigenvalue weighted by Gasteiger charge is 2.29. The van der Waals surface area contributed by atoms with Crippen LogP contribution in [-0.4, -0.2) is 31.4 Å². The van der Waals surface area contributed by atoms with Crippen LogP contribution in [0.15, 0.2) is 65.6 Å². The smallest absolute Gasteiger partial charge is 0.322 e. The van der Waals surface area contributed by atoms with E-state index in [1.165, 1.54) is 12.1 Å². The number of carboxylic acid groups (broad SMARTS) is 1. The minimum absolute atomic E-state index is 0.0106. The van der Waals surface area contributed by atoms with Crippen LogP contribution in [0.25, 0.3) is 10.8 Å². The van der Waals surface area contributed by atoms with E-state index in [-0.39, 0.29) is 17.2 Å². The highest BCUT2D eigenvalue weighted by Crippen LogP contribution is 2.36. The van der Waals surface area contributed by atoms with Crippen LogP contribution in [-0.2, 0) is 21.2 Å². The Hall–Kier alpha value is -3.23. The van der Waals surface area contributed by atoms with E-state index >= 15 is 0 Å². The number of amides is 1. The van der Waals surface area contributed by atoms with Gasteiger partial charge in [0.2, 0.25) is 10.0 Å². The minimum atomic E-state index is -4.14. The second kappa shape index (κ2) is 6.74. The number of carboxylic acids is 1. The molecule has 1 unspecified atom stereocenters. The van der Waals surface area contributed by atoms with Crippen LogP contribution in [0.1, 0.15) is 15.9 Å². The first-order valence-electron chi connectivity index (χ1n) is 8.53. The summed E-state index contributed by atoms with van der Waals surface area (Å²) in [7, 11) is -4.14. The number of sulfonamides is 1. The lowest BCUT2D eigenvalue weighted by Crippen LogP contribution is -2.42. The molecular weight excluding hydrogens is 380 g/mol. The van der Waals surface area contributed by atoms with Crippen LogP contribution < -0.4 is 10.0 Å².